The predicted molar refractivity (Wildman–Crippen MR) is 11.6 cm³/mol. The zero-order valence-corrected chi connectivity index (χ0v) is 6.18. The van der Waals surface area contributed by atoms with Gasteiger partial charge in [0.25, 0.3) is 0 Å². The van der Waals surface area contributed by atoms with Crippen LogP contribution in [0, 0.1) is 38.2 Å². The van der Waals surface area contributed by atoms with Gasteiger partial charge in [0.15, 0.2) is 0 Å². The standard InChI is InChI=1S/Dy.H2O4Se/c;1-5(2,3)4/h;(H2,1,2,3,4). The molecule has 0 unspecified atom stereocenters. The van der Waals surface area contributed by atoms with Crippen LogP contribution in [0.25, 0.3) is 0 Å². The Kier molecular flexibility index (Phi) is 5.73. The Labute approximate surface area is 66.9 Å². The molecule has 0 amide bonds. The topological polar surface area (TPSA) is 74.6 Å². The van der Waals surface area contributed by atoms with Gasteiger partial charge in [0.1, 0.15) is 0 Å². The largest absolute Gasteiger partial charge is 0 e. The SMILES string of the molecule is O=[Se](=O)(O)O.[Dy]. The van der Waals surface area contributed by atoms with E-state index in [0.717, 1.165) is 0 Å². The van der Waals surface area contributed by atoms with Gasteiger partial charge in [0.2, 0.25) is 0 Å². The Hall–Kier alpha value is 1.31. The summed E-state index contributed by atoms with van der Waals surface area (Å²) in [4.78, 5) is 0. The summed E-state index contributed by atoms with van der Waals surface area (Å²) in [6.07, 6.45) is 0. The van der Waals surface area contributed by atoms with E-state index >= 15 is 0 Å². The van der Waals surface area contributed by atoms with Gasteiger partial charge >= 0.3 is 29.4 Å². The second kappa shape index (κ2) is 3.33. The number of rotatable bonds is 0. The Bertz CT molecular complexity index is 90.7. The summed E-state index contributed by atoms with van der Waals surface area (Å²) in [6.45, 7) is 0. The van der Waals surface area contributed by atoms with E-state index in [1.807, 2.05) is 0 Å². The third-order valence-electron chi connectivity index (χ3n) is 0. The van der Waals surface area contributed by atoms with Gasteiger partial charge in [-0.05, 0) is 0 Å². The number of hydrogen-bond acceptors (Lipinski definition) is 2. The van der Waals surface area contributed by atoms with Crippen molar-refractivity contribution >= 4 is 13.4 Å². The Balaban J connectivity index is 0. The van der Waals surface area contributed by atoms with Gasteiger partial charge in [-0.1, -0.05) is 0 Å². The summed E-state index contributed by atoms with van der Waals surface area (Å²) in [6, 6.07) is 0. The van der Waals surface area contributed by atoms with Gasteiger partial charge < -0.3 is 0 Å². The fourth-order valence-electron chi connectivity index (χ4n) is 0. The minimum atomic E-state index is -5.25. The summed E-state index contributed by atoms with van der Waals surface area (Å²) in [5.74, 6) is 0. The van der Waals surface area contributed by atoms with Crippen LogP contribution in [0.15, 0.2) is 0 Å². The molecule has 0 spiro atoms. The van der Waals surface area contributed by atoms with E-state index in [1.165, 1.54) is 0 Å². The summed E-state index contributed by atoms with van der Waals surface area (Å²) in [5.41, 5.74) is 0. The number of hydrogen-bond donors (Lipinski definition) is 2. The van der Waals surface area contributed by atoms with Crippen LogP contribution in [0.4, 0.5) is 0 Å². The maximum Gasteiger partial charge on any atom is 0 e. The fraction of sp³-hybridized carbons (Fsp3) is 0. The molecule has 2 N–H and O–H groups in total. The average Bonchev–Trinajstić information content (AvgIpc) is 0.722. The van der Waals surface area contributed by atoms with Crippen molar-refractivity contribution in [3.8, 4) is 0 Å². The Morgan fingerprint density at radius 3 is 1.17 bits per heavy atom. The molecule has 0 saturated carbocycles. The zero-order chi connectivity index (χ0) is 4.50. The zero-order valence-electron chi connectivity index (χ0n) is 2.44. The normalized spacial score (nSPS) is 9.67. The van der Waals surface area contributed by atoms with Crippen LogP contribution in [0.2, 0.25) is 0 Å². The molecular weight excluding hydrogens is 305 g/mol. The molecule has 0 atom stereocenters. The van der Waals surface area contributed by atoms with Crippen LogP contribution < -0.4 is 0 Å². The molecule has 0 aromatic carbocycles. The maximum atomic E-state index is 8.82. The summed E-state index contributed by atoms with van der Waals surface area (Å²) >= 11 is -5.25. The van der Waals surface area contributed by atoms with Crippen molar-refractivity contribution in [1.29, 1.82) is 0 Å². The first-order valence-corrected chi connectivity index (χ1v) is 3.63. The second-order valence-electron chi connectivity index (χ2n) is 0.448. The molecule has 0 aromatic heterocycles. The Morgan fingerprint density at radius 1 is 1.17 bits per heavy atom. The smallest absolute Gasteiger partial charge is 0 e. The van der Waals surface area contributed by atoms with Crippen molar-refractivity contribution in [2.24, 2.45) is 0 Å². The maximum absolute atomic E-state index is 8.82. The van der Waals surface area contributed by atoms with E-state index in [1.54, 1.807) is 0 Å². The van der Waals surface area contributed by atoms with Crippen molar-refractivity contribution in [1.82, 2.24) is 0 Å². The van der Waals surface area contributed by atoms with Gasteiger partial charge in [-0.25, -0.2) is 0 Å². The first-order valence-electron chi connectivity index (χ1n) is 0.698. The summed E-state index contributed by atoms with van der Waals surface area (Å²) in [5, 5.41) is 0. The molecule has 0 aliphatic rings. The monoisotopic (exact) mass is 310 g/mol. The predicted octanol–water partition coefficient (Wildman–Crippen LogP) is -1.73. The van der Waals surface area contributed by atoms with Crippen LogP contribution in [0.1, 0.15) is 0 Å². The minimum absolute atomic E-state index is 0. The third-order valence-corrected chi connectivity index (χ3v) is 0. The van der Waals surface area contributed by atoms with Crippen molar-refractivity contribution in [2.75, 3.05) is 0 Å². The van der Waals surface area contributed by atoms with E-state index in [9.17, 15) is 0 Å². The van der Waals surface area contributed by atoms with Crippen LogP contribution in [0.3, 0.4) is 0 Å². The molecule has 0 fully saturated rings. The third kappa shape index (κ3) is 57.4. The van der Waals surface area contributed by atoms with Gasteiger partial charge in [0, 0.05) is 38.2 Å². The first-order chi connectivity index (χ1) is 2.00. The molecule has 0 radical (unpaired) electrons. The Morgan fingerprint density at radius 2 is 1.17 bits per heavy atom. The van der Waals surface area contributed by atoms with Crippen molar-refractivity contribution in [3.05, 3.63) is 0 Å². The molecule has 0 saturated heterocycles. The molecule has 0 rings (SSSR count). The fourth-order valence-corrected chi connectivity index (χ4v) is 0. The molecular formula is H2DyO4Se. The second-order valence-corrected chi connectivity index (χ2v) is 2.33. The summed E-state index contributed by atoms with van der Waals surface area (Å²) < 4.78 is 31.9. The van der Waals surface area contributed by atoms with Crippen molar-refractivity contribution in [2.45, 2.75) is 0 Å². The first kappa shape index (κ1) is 10.3. The molecule has 0 aliphatic carbocycles. The minimum Gasteiger partial charge on any atom is 0 e. The van der Waals surface area contributed by atoms with E-state index in [2.05, 4.69) is 0 Å². The van der Waals surface area contributed by atoms with Gasteiger partial charge in [-0.2, -0.15) is 0 Å². The molecule has 6 heavy (non-hydrogen) atoms. The average molecular weight is 307 g/mol. The molecule has 0 aromatic rings. The van der Waals surface area contributed by atoms with E-state index < -0.39 is 13.4 Å². The molecule has 4 nitrogen and oxygen atoms in total. The van der Waals surface area contributed by atoms with Crippen LogP contribution in [0.5, 0.6) is 0 Å². The van der Waals surface area contributed by atoms with Crippen molar-refractivity contribution in [3.63, 3.8) is 0 Å². The quantitative estimate of drug-likeness (QED) is 0.522. The van der Waals surface area contributed by atoms with Crippen LogP contribution in [-0.2, 0) is 7.67 Å². The molecule has 6 heteroatoms. The van der Waals surface area contributed by atoms with Crippen LogP contribution >= 0.6 is 0 Å². The van der Waals surface area contributed by atoms with Gasteiger partial charge in [0.05, 0.1) is 0 Å². The van der Waals surface area contributed by atoms with Gasteiger partial charge in [-0.3, -0.25) is 0 Å². The van der Waals surface area contributed by atoms with E-state index in [-0.39, 0.29) is 38.2 Å². The molecule has 0 heterocycles. The molecule has 0 aliphatic heterocycles. The van der Waals surface area contributed by atoms with Crippen molar-refractivity contribution < 1.29 is 54.2 Å². The van der Waals surface area contributed by atoms with E-state index in [4.69, 9.17) is 16.0 Å². The van der Waals surface area contributed by atoms with E-state index in [0.29, 0.717) is 0 Å². The molecule has 42 valence electrons. The molecule has 0 bridgehead atoms. The van der Waals surface area contributed by atoms with Gasteiger partial charge in [-0.15, -0.1) is 0 Å². The van der Waals surface area contributed by atoms with Crippen LogP contribution in [-0.4, -0.2) is 21.7 Å². The summed E-state index contributed by atoms with van der Waals surface area (Å²) in [7, 11) is 0.